The summed E-state index contributed by atoms with van der Waals surface area (Å²) in [4.78, 5) is 20.2. The van der Waals surface area contributed by atoms with Crippen LogP contribution >= 0.6 is 0 Å². The van der Waals surface area contributed by atoms with E-state index in [0.717, 1.165) is 77.2 Å². The third-order valence-corrected chi connectivity index (χ3v) is 11.1. The Kier molecular flexibility index (Phi) is 8.07. The van der Waals surface area contributed by atoms with Gasteiger partial charge in [-0.15, -0.1) is 0 Å². The Hall–Kier alpha value is -8.72. The van der Waals surface area contributed by atoms with E-state index in [1.54, 1.807) is 0 Å². The van der Waals surface area contributed by atoms with E-state index in [2.05, 4.69) is 81.9 Å². The zero-order valence-electron chi connectivity index (χ0n) is 31.9. The summed E-state index contributed by atoms with van der Waals surface area (Å²) in [5.74, 6) is 1.41. The molecule has 11 rings (SSSR count). The molecule has 8 heteroatoms. The van der Waals surface area contributed by atoms with Crippen molar-refractivity contribution < 1.29 is 0 Å². The quantitative estimate of drug-likeness (QED) is 0.167. The molecule has 0 bridgehead atoms. The Morgan fingerprint density at radius 1 is 0.400 bits per heavy atom. The van der Waals surface area contributed by atoms with E-state index in [1.807, 2.05) is 122 Å². The number of pyridine rings is 1. The SMILES string of the molecule is N#Cc1cc(-c2nc(-c3ccccc3)nc(-c3ccccc3)n2)c(-n2c3ccccc3c3cc(C#N)ccc32)c(-c2cnccc2-n2c3ccccc3c3ccccc32)c1. The van der Waals surface area contributed by atoms with E-state index in [4.69, 9.17) is 19.9 Å². The van der Waals surface area contributed by atoms with Crippen LogP contribution in [0.15, 0.2) is 182 Å². The summed E-state index contributed by atoms with van der Waals surface area (Å²) in [5, 5.41) is 25.0. The number of benzene rings is 7. The summed E-state index contributed by atoms with van der Waals surface area (Å²) in [6.45, 7) is 0. The monoisotopic (exact) mass is 766 g/mol. The van der Waals surface area contributed by atoms with Gasteiger partial charge in [0.15, 0.2) is 17.5 Å². The molecule has 0 aliphatic carbocycles. The molecule has 0 amide bonds. The van der Waals surface area contributed by atoms with Crippen LogP contribution in [0.25, 0.3) is 100 Å². The minimum absolute atomic E-state index is 0.401. The van der Waals surface area contributed by atoms with Crippen LogP contribution in [-0.4, -0.2) is 29.1 Å². The van der Waals surface area contributed by atoms with Crippen LogP contribution in [-0.2, 0) is 0 Å². The van der Waals surface area contributed by atoms with Gasteiger partial charge in [-0.25, -0.2) is 15.0 Å². The lowest BCUT2D eigenvalue weighted by Crippen LogP contribution is -2.07. The maximum Gasteiger partial charge on any atom is 0.166 e. The van der Waals surface area contributed by atoms with Crippen LogP contribution in [0.5, 0.6) is 0 Å². The second-order valence-corrected chi connectivity index (χ2v) is 14.5. The summed E-state index contributed by atoms with van der Waals surface area (Å²) in [6.07, 6.45) is 3.69. The third kappa shape index (κ3) is 5.52. The van der Waals surface area contributed by atoms with Gasteiger partial charge in [-0.2, -0.15) is 10.5 Å². The largest absolute Gasteiger partial charge is 0.309 e. The van der Waals surface area contributed by atoms with E-state index < -0.39 is 0 Å². The lowest BCUT2D eigenvalue weighted by molar-refractivity contribution is 1.06. The molecule has 278 valence electrons. The highest BCUT2D eigenvalue weighted by atomic mass is 15.1. The lowest BCUT2D eigenvalue weighted by atomic mass is 9.95. The fourth-order valence-corrected chi connectivity index (χ4v) is 8.50. The number of hydrogen-bond acceptors (Lipinski definition) is 6. The highest BCUT2D eigenvalue weighted by Crippen LogP contribution is 2.44. The average molecular weight is 767 g/mol. The van der Waals surface area contributed by atoms with Gasteiger partial charge in [-0.05, 0) is 54.6 Å². The first-order valence-corrected chi connectivity index (χ1v) is 19.5. The first-order chi connectivity index (χ1) is 29.7. The molecule has 0 aliphatic heterocycles. The van der Waals surface area contributed by atoms with Gasteiger partial charge in [0, 0.05) is 61.8 Å². The maximum absolute atomic E-state index is 10.8. The number of para-hydroxylation sites is 3. The number of rotatable bonds is 6. The predicted octanol–water partition coefficient (Wildman–Crippen LogP) is 11.9. The van der Waals surface area contributed by atoms with Gasteiger partial charge in [-0.1, -0.05) is 115 Å². The highest BCUT2D eigenvalue weighted by Gasteiger charge is 2.26. The van der Waals surface area contributed by atoms with Crippen molar-refractivity contribution in [3.8, 4) is 68.8 Å². The van der Waals surface area contributed by atoms with Gasteiger partial charge >= 0.3 is 0 Å². The normalized spacial score (nSPS) is 11.3. The maximum atomic E-state index is 10.8. The van der Waals surface area contributed by atoms with Crippen molar-refractivity contribution in [1.82, 2.24) is 29.1 Å². The molecule has 11 aromatic rings. The van der Waals surface area contributed by atoms with E-state index in [0.29, 0.717) is 34.2 Å². The summed E-state index contributed by atoms with van der Waals surface area (Å²) < 4.78 is 4.49. The van der Waals surface area contributed by atoms with Gasteiger partial charge < -0.3 is 9.13 Å². The number of nitrogens with zero attached hydrogens (tertiary/aromatic N) is 8. The highest BCUT2D eigenvalue weighted by molar-refractivity contribution is 6.12. The molecule has 8 nitrogen and oxygen atoms in total. The summed E-state index contributed by atoms with van der Waals surface area (Å²) in [7, 11) is 0. The average Bonchev–Trinajstić information content (AvgIpc) is 3.84. The minimum Gasteiger partial charge on any atom is -0.309 e. The van der Waals surface area contributed by atoms with Crippen molar-refractivity contribution >= 4 is 43.6 Å². The van der Waals surface area contributed by atoms with Crippen LogP contribution in [0.2, 0.25) is 0 Å². The van der Waals surface area contributed by atoms with Crippen molar-refractivity contribution in [2.75, 3.05) is 0 Å². The Morgan fingerprint density at radius 2 is 0.900 bits per heavy atom. The number of fused-ring (bicyclic) bond motifs is 6. The molecule has 0 saturated heterocycles. The Balaban J connectivity index is 1.31. The minimum atomic E-state index is 0.401. The molecule has 7 aromatic carbocycles. The van der Waals surface area contributed by atoms with Crippen LogP contribution < -0.4 is 0 Å². The predicted molar refractivity (Wildman–Crippen MR) is 237 cm³/mol. The Labute approximate surface area is 344 Å². The number of aromatic nitrogens is 6. The fraction of sp³-hybridized carbons (Fsp3) is 0. The third-order valence-electron chi connectivity index (χ3n) is 11.1. The fourth-order valence-electron chi connectivity index (χ4n) is 8.50. The molecule has 0 unspecified atom stereocenters. The second-order valence-electron chi connectivity index (χ2n) is 14.5. The van der Waals surface area contributed by atoms with E-state index in [-0.39, 0.29) is 0 Å². The van der Waals surface area contributed by atoms with Crippen LogP contribution in [0.1, 0.15) is 11.1 Å². The molecular weight excluding hydrogens is 737 g/mol. The summed E-state index contributed by atoms with van der Waals surface area (Å²) in [5.41, 5.74) is 10.4. The zero-order valence-corrected chi connectivity index (χ0v) is 31.9. The molecule has 0 atom stereocenters. The Morgan fingerprint density at radius 3 is 1.50 bits per heavy atom. The Bertz CT molecular complexity index is 3460. The van der Waals surface area contributed by atoms with Crippen molar-refractivity contribution in [1.29, 1.82) is 10.5 Å². The smallest absolute Gasteiger partial charge is 0.166 e. The molecule has 0 aliphatic rings. The number of nitriles is 2. The molecule has 0 spiro atoms. The standard InChI is InChI=1S/C52H30N8/c53-30-33-23-24-47-40(27-33)39-19-9-12-22-46(39)60(47)49-41(43-32-55-26-25-48(43)59-44-20-10-7-17-37(44)38-18-8-11-21-45(38)59)28-34(31-54)29-42(49)52-57-50(35-13-3-1-4-14-35)56-51(58-52)36-15-5-2-6-16-36/h1-29,32H. The van der Waals surface area contributed by atoms with Crippen molar-refractivity contribution in [3.63, 3.8) is 0 Å². The van der Waals surface area contributed by atoms with Gasteiger partial charge in [0.05, 0.1) is 56.7 Å². The molecule has 0 fully saturated rings. The molecule has 60 heavy (non-hydrogen) atoms. The van der Waals surface area contributed by atoms with Crippen molar-refractivity contribution in [3.05, 3.63) is 193 Å². The van der Waals surface area contributed by atoms with Crippen molar-refractivity contribution in [2.45, 2.75) is 0 Å². The first-order valence-electron chi connectivity index (χ1n) is 19.5. The molecule has 4 aromatic heterocycles. The van der Waals surface area contributed by atoms with E-state index in [1.165, 1.54) is 0 Å². The van der Waals surface area contributed by atoms with E-state index in [9.17, 15) is 10.5 Å². The molecule has 0 N–H and O–H groups in total. The summed E-state index contributed by atoms with van der Waals surface area (Å²) in [6, 6.07) is 61.2. The van der Waals surface area contributed by atoms with Crippen LogP contribution in [0.3, 0.4) is 0 Å². The van der Waals surface area contributed by atoms with Gasteiger partial charge in [-0.3, -0.25) is 4.98 Å². The van der Waals surface area contributed by atoms with E-state index >= 15 is 0 Å². The van der Waals surface area contributed by atoms with Crippen LogP contribution in [0.4, 0.5) is 0 Å². The molecular formula is C52H30N8. The molecule has 0 saturated carbocycles. The lowest BCUT2D eigenvalue weighted by Gasteiger charge is -2.21. The second kappa shape index (κ2) is 14.0. The molecule has 0 radical (unpaired) electrons. The van der Waals surface area contributed by atoms with Gasteiger partial charge in [0.1, 0.15) is 0 Å². The van der Waals surface area contributed by atoms with Crippen LogP contribution in [0, 0.1) is 22.7 Å². The zero-order chi connectivity index (χ0) is 40.2. The first kappa shape index (κ1) is 34.5. The molecule has 4 heterocycles. The van der Waals surface area contributed by atoms with Gasteiger partial charge in [0.25, 0.3) is 0 Å². The summed E-state index contributed by atoms with van der Waals surface area (Å²) >= 11 is 0. The topological polar surface area (TPSA) is 109 Å². The van der Waals surface area contributed by atoms with Gasteiger partial charge in [0.2, 0.25) is 0 Å². The number of hydrogen-bond donors (Lipinski definition) is 0. The van der Waals surface area contributed by atoms with Crippen molar-refractivity contribution in [2.24, 2.45) is 0 Å².